The van der Waals surface area contributed by atoms with Crippen LogP contribution in [0.5, 0.6) is 0 Å². The zero-order valence-corrected chi connectivity index (χ0v) is 11.8. The monoisotopic (exact) mass is 261 g/mol. The lowest BCUT2D eigenvalue weighted by Crippen LogP contribution is -2.30. The third kappa shape index (κ3) is 1.70. The first-order valence-corrected chi connectivity index (χ1v) is 7.46. The first-order valence-electron chi connectivity index (χ1n) is 7.46. The van der Waals surface area contributed by atoms with Crippen molar-refractivity contribution in [1.29, 1.82) is 0 Å². The van der Waals surface area contributed by atoms with E-state index in [9.17, 15) is 0 Å². The van der Waals surface area contributed by atoms with E-state index in [1.54, 1.807) is 0 Å². The Bertz CT molecular complexity index is 660. The van der Waals surface area contributed by atoms with Crippen molar-refractivity contribution in [2.45, 2.75) is 25.8 Å². The standard InChI is InChI=1S/C19H19N/c1-14-7-6-8-15(13-14)20-18-11-4-2-9-16(18)17-10-3-5-12-19(17)20/h2,4,6-13,16,18H,3,5H2,1H3. The van der Waals surface area contributed by atoms with Crippen LogP contribution in [0.4, 0.5) is 5.69 Å². The first kappa shape index (κ1) is 11.8. The second-order valence-electron chi connectivity index (χ2n) is 5.82. The number of anilines is 1. The van der Waals surface area contributed by atoms with Crippen LogP contribution in [-0.2, 0) is 0 Å². The molecule has 1 aromatic rings. The lowest BCUT2D eigenvalue weighted by Gasteiger charge is -2.28. The van der Waals surface area contributed by atoms with Gasteiger partial charge in [-0.1, -0.05) is 48.6 Å². The van der Waals surface area contributed by atoms with Gasteiger partial charge in [0.05, 0.1) is 6.04 Å². The van der Waals surface area contributed by atoms with Crippen LogP contribution in [0.1, 0.15) is 18.4 Å². The SMILES string of the molecule is Cc1cccc(N2C3=CCCC=C3C3C=CC=CC32)c1. The number of fused-ring (bicyclic) bond motifs is 3. The van der Waals surface area contributed by atoms with Crippen molar-refractivity contribution in [2.75, 3.05) is 4.90 Å². The predicted molar refractivity (Wildman–Crippen MR) is 84.6 cm³/mol. The van der Waals surface area contributed by atoms with Crippen molar-refractivity contribution in [2.24, 2.45) is 5.92 Å². The van der Waals surface area contributed by atoms with Gasteiger partial charge < -0.3 is 4.90 Å². The minimum absolute atomic E-state index is 0.442. The van der Waals surface area contributed by atoms with Gasteiger partial charge in [-0.2, -0.15) is 0 Å². The summed E-state index contributed by atoms with van der Waals surface area (Å²) < 4.78 is 0. The van der Waals surface area contributed by atoms with Gasteiger partial charge >= 0.3 is 0 Å². The van der Waals surface area contributed by atoms with Crippen LogP contribution >= 0.6 is 0 Å². The summed E-state index contributed by atoms with van der Waals surface area (Å²) in [6.45, 7) is 2.17. The minimum atomic E-state index is 0.442. The maximum absolute atomic E-state index is 2.52. The van der Waals surface area contributed by atoms with Crippen LogP contribution in [0.3, 0.4) is 0 Å². The average Bonchev–Trinajstić information content (AvgIpc) is 2.82. The third-order valence-electron chi connectivity index (χ3n) is 4.47. The summed E-state index contributed by atoms with van der Waals surface area (Å²) in [5.41, 5.74) is 5.58. The molecular formula is C19H19N. The minimum Gasteiger partial charge on any atom is -0.334 e. The molecule has 0 radical (unpaired) electrons. The summed E-state index contributed by atoms with van der Waals surface area (Å²) in [5, 5.41) is 0. The number of hydrogen-bond acceptors (Lipinski definition) is 1. The van der Waals surface area contributed by atoms with Crippen LogP contribution in [-0.4, -0.2) is 6.04 Å². The molecule has 1 aliphatic heterocycles. The van der Waals surface area contributed by atoms with E-state index < -0.39 is 0 Å². The highest BCUT2D eigenvalue weighted by Crippen LogP contribution is 2.45. The zero-order valence-electron chi connectivity index (χ0n) is 11.8. The van der Waals surface area contributed by atoms with Gasteiger partial charge in [-0.15, -0.1) is 0 Å². The molecule has 100 valence electrons. The molecule has 1 nitrogen and oxygen atoms in total. The average molecular weight is 261 g/mol. The number of benzene rings is 1. The van der Waals surface area contributed by atoms with Gasteiger partial charge in [-0.25, -0.2) is 0 Å². The molecule has 3 aliphatic rings. The Balaban J connectivity index is 1.85. The summed E-state index contributed by atoms with van der Waals surface area (Å²) in [5.74, 6) is 0.520. The van der Waals surface area contributed by atoms with Crippen molar-refractivity contribution in [3.8, 4) is 0 Å². The fourth-order valence-corrected chi connectivity index (χ4v) is 3.60. The molecule has 1 heterocycles. The van der Waals surface area contributed by atoms with E-state index in [-0.39, 0.29) is 0 Å². The molecular weight excluding hydrogens is 242 g/mol. The summed E-state index contributed by atoms with van der Waals surface area (Å²) >= 11 is 0. The van der Waals surface area contributed by atoms with Gasteiger partial charge in [0, 0.05) is 17.3 Å². The topological polar surface area (TPSA) is 3.24 Å². The van der Waals surface area contributed by atoms with E-state index >= 15 is 0 Å². The molecule has 0 N–H and O–H groups in total. The fraction of sp³-hybridized carbons (Fsp3) is 0.263. The van der Waals surface area contributed by atoms with Gasteiger partial charge in [0.2, 0.25) is 0 Å². The van der Waals surface area contributed by atoms with Gasteiger partial charge in [-0.3, -0.25) is 0 Å². The lowest BCUT2D eigenvalue weighted by molar-refractivity contribution is 0.701. The molecule has 1 aromatic carbocycles. The van der Waals surface area contributed by atoms with E-state index in [1.807, 2.05) is 0 Å². The maximum atomic E-state index is 2.52. The van der Waals surface area contributed by atoms with E-state index in [0.717, 1.165) is 6.42 Å². The highest BCUT2D eigenvalue weighted by atomic mass is 15.2. The Labute approximate surface area is 120 Å². The van der Waals surface area contributed by atoms with E-state index in [0.29, 0.717) is 12.0 Å². The smallest absolute Gasteiger partial charge is 0.0629 e. The molecule has 0 bridgehead atoms. The van der Waals surface area contributed by atoms with Crippen LogP contribution < -0.4 is 4.90 Å². The number of allylic oxidation sites excluding steroid dienone is 5. The maximum Gasteiger partial charge on any atom is 0.0629 e. The van der Waals surface area contributed by atoms with E-state index in [1.165, 1.54) is 28.9 Å². The van der Waals surface area contributed by atoms with Gasteiger partial charge in [0.25, 0.3) is 0 Å². The van der Waals surface area contributed by atoms with Crippen LogP contribution in [0, 0.1) is 12.8 Å². The lowest BCUT2D eigenvalue weighted by atomic mass is 9.89. The molecule has 0 aromatic heterocycles. The highest BCUT2D eigenvalue weighted by molar-refractivity contribution is 5.67. The predicted octanol–water partition coefficient (Wildman–Crippen LogP) is 4.53. The Kier molecular flexibility index (Phi) is 2.66. The molecule has 0 spiro atoms. The summed E-state index contributed by atoms with van der Waals surface area (Å²) in [4.78, 5) is 2.52. The molecule has 2 unspecified atom stereocenters. The van der Waals surface area contributed by atoms with E-state index in [2.05, 4.69) is 72.5 Å². The largest absolute Gasteiger partial charge is 0.334 e. The second kappa shape index (κ2) is 4.52. The van der Waals surface area contributed by atoms with Crippen molar-refractivity contribution < 1.29 is 0 Å². The van der Waals surface area contributed by atoms with Gasteiger partial charge in [0.1, 0.15) is 0 Å². The zero-order chi connectivity index (χ0) is 13.5. The molecule has 1 heteroatoms. The van der Waals surface area contributed by atoms with Crippen LogP contribution in [0.25, 0.3) is 0 Å². The Hall–Kier alpha value is -2.02. The molecule has 1 fully saturated rings. The van der Waals surface area contributed by atoms with Gasteiger partial charge in [0.15, 0.2) is 0 Å². The van der Waals surface area contributed by atoms with Crippen molar-refractivity contribution >= 4 is 5.69 Å². The summed E-state index contributed by atoms with van der Waals surface area (Å²) in [6, 6.07) is 9.29. The van der Waals surface area contributed by atoms with Crippen molar-refractivity contribution in [3.63, 3.8) is 0 Å². The quantitative estimate of drug-likeness (QED) is 0.718. The Morgan fingerprint density at radius 2 is 1.90 bits per heavy atom. The van der Waals surface area contributed by atoms with E-state index in [4.69, 9.17) is 0 Å². The van der Waals surface area contributed by atoms with Crippen molar-refractivity contribution in [3.05, 3.63) is 77.6 Å². The third-order valence-corrected chi connectivity index (χ3v) is 4.47. The molecule has 1 saturated heterocycles. The fourth-order valence-electron chi connectivity index (χ4n) is 3.60. The van der Waals surface area contributed by atoms with Crippen molar-refractivity contribution in [1.82, 2.24) is 0 Å². The van der Waals surface area contributed by atoms with Crippen LogP contribution in [0.2, 0.25) is 0 Å². The summed E-state index contributed by atoms with van der Waals surface area (Å²) in [6.07, 6.45) is 16.3. The highest BCUT2D eigenvalue weighted by Gasteiger charge is 2.40. The molecule has 0 amide bonds. The number of rotatable bonds is 1. The normalized spacial score (nSPS) is 26.9. The summed E-state index contributed by atoms with van der Waals surface area (Å²) in [7, 11) is 0. The Morgan fingerprint density at radius 1 is 1.05 bits per heavy atom. The van der Waals surface area contributed by atoms with Crippen LogP contribution in [0.15, 0.2) is 72.0 Å². The molecule has 4 rings (SSSR count). The molecule has 20 heavy (non-hydrogen) atoms. The Morgan fingerprint density at radius 3 is 2.80 bits per heavy atom. The molecule has 0 saturated carbocycles. The number of hydrogen-bond donors (Lipinski definition) is 0. The van der Waals surface area contributed by atoms with Gasteiger partial charge in [-0.05, 0) is 43.0 Å². The number of nitrogens with zero attached hydrogens (tertiary/aromatic N) is 1. The second-order valence-corrected chi connectivity index (χ2v) is 5.82. The first-order chi connectivity index (χ1) is 9.84. The molecule has 2 atom stereocenters. The molecule has 2 aliphatic carbocycles. The number of aryl methyl sites for hydroxylation is 1.